The van der Waals surface area contributed by atoms with Crippen LogP contribution in [-0.4, -0.2) is 81.2 Å². The summed E-state index contributed by atoms with van der Waals surface area (Å²) in [5, 5.41) is 28.3. The Kier molecular flexibility index (Phi) is 12.1. The number of aliphatic hydroxyl groups excluding tert-OH is 1. The van der Waals surface area contributed by atoms with Gasteiger partial charge < -0.3 is 36.9 Å². The van der Waals surface area contributed by atoms with Crippen LogP contribution in [-0.2, 0) is 25.6 Å². The molecule has 0 saturated carbocycles. The molecule has 6 unspecified atom stereocenters. The standard InChI is InChI=1S/C26H39N5O6S/c1-5-14(2)21(27)24(34)31-22(15(3)32)25(35)30-20(23(33)29-19(26(36)37)10-11-38-4)12-16-13-28-18-9-7-6-8-17(16)18/h6-9,13-15,19-22,28,32H,5,10-12,27H2,1-4H3,(H,29,33)(H,30,35)(H,31,34)(H,36,37). The summed E-state index contributed by atoms with van der Waals surface area (Å²) in [6, 6.07) is 2.86. The summed E-state index contributed by atoms with van der Waals surface area (Å²) in [7, 11) is 0. The number of aromatic amines is 1. The third-order valence-electron chi connectivity index (χ3n) is 6.58. The van der Waals surface area contributed by atoms with Gasteiger partial charge in [-0.15, -0.1) is 0 Å². The van der Waals surface area contributed by atoms with Crippen LogP contribution < -0.4 is 21.7 Å². The molecule has 11 nitrogen and oxygen atoms in total. The molecule has 3 amide bonds. The van der Waals surface area contributed by atoms with Crippen LogP contribution in [0.5, 0.6) is 0 Å². The summed E-state index contributed by atoms with van der Waals surface area (Å²) < 4.78 is 0. The first-order valence-electron chi connectivity index (χ1n) is 12.6. The number of aliphatic hydroxyl groups is 1. The Bertz CT molecular complexity index is 1110. The molecule has 8 N–H and O–H groups in total. The minimum Gasteiger partial charge on any atom is -0.480 e. The van der Waals surface area contributed by atoms with Crippen LogP contribution >= 0.6 is 11.8 Å². The van der Waals surface area contributed by atoms with E-state index in [1.54, 1.807) is 13.1 Å². The van der Waals surface area contributed by atoms with Crippen LogP contribution in [0.3, 0.4) is 0 Å². The van der Waals surface area contributed by atoms with Crippen molar-refractivity contribution in [2.24, 2.45) is 11.7 Å². The predicted octanol–water partition coefficient (Wildman–Crippen LogP) is 0.757. The Morgan fingerprint density at radius 1 is 1.03 bits per heavy atom. The lowest BCUT2D eigenvalue weighted by molar-refractivity contribution is -0.142. The van der Waals surface area contributed by atoms with E-state index in [1.807, 2.05) is 37.4 Å². The maximum atomic E-state index is 13.3. The van der Waals surface area contributed by atoms with Crippen molar-refractivity contribution in [3.05, 3.63) is 36.0 Å². The lowest BCUT2D eigenvalue weighted by Gasteiger charge is -2.27. The van der Waals surface area contributed by atoms with Gasteiger partial charge in [0.05, 0.1) is 12.1 Å². The predicted molar refractivity (Wildman–Crippen MR) is 148 cm³/mol. The molecular formula is C26H39N5O6S. The number of aliphatic carboxylic acids is 1. The number of carboxylic acids is 1. The number of thioether (sulfide) groups is 1. The third-order valence-corrected chi connectivity index (χ3v) is 7.22. The summed E-state index contributed by atoms with van der Waals surface area (Å²) in [6.07, 6.45) is 3.16. The maximum absolute atomic E-state index is 13.3. The second-order valence-corrected chi connectivity index (χ2v) is 10.4. The molecule has 0 fully saturated rings. The van der Waals surface area contributed by atoms with Crippen LogP contribution in [0, 0.1) is 5.92 Å². The van der Waals surface area contributed by atoms with E-state index in [0.29, 0.717) is 12.2 Å². The first-order chi connectivity index (χ1) is 18.0. The second kappa shape index (κ2) is 14.7. The Labute approximate surface area is 226 Å². The van der Waals surface area contributed by atoms with E-state index in [-0.39, 0.29) is 18.8 Å². The Balaban J connectivity index is 2.30. The van der Waals surface area contributed by atoms with Crippen molar-refractivity contribution >= 4 is 46.4 Å². The zero-order valence-corrected chi connectivity index (χ0v) is 23.0. The van der Waals surface area contributed by atoms with Gasteiger partial charge in [-0.3, -0.25) is 14.4 Å². The van der Waals surface area contributed by atoms with E-state index in [0.717, 1.165) is 16.5 Å². The number of carboxylic acid groups (broad SMARTS) is 1. The van der Waals surface area contributed by atoms with Gasteiger partial charge in [-0.2, -0.15) is 11.8 Å². The van der Waals surface area contributed by atoms with Gasteiger partial charge in [-0.1, -0.05) is 38.5 Å². The average molecular weight is 550 g/mol. The van der Waals surface area contributed by atoms with Crippen molar-refractivity contribution in [2.45, 2.75) is 70.3 Å². The Morgan fingerprint density at radius 2 is 1.68 bits per heavy atom. The SMILES string of the molecule is CCC(C)C(N)C(=O)NC(C(=O)NC(Cc1c[nH]c2ccccc12)C(=O)NC(CCSC)C(=O)O)C(C)O. The first kappa shape index (κ1) is 31.1. The summed E-state index contributed by atoms with van der Waals surface area (Å²) in [6.45, 7) is 5.03. The smallest absolute Gasteiger partial charge is 0.326 e. The van der Waals surface area contributed by atoms with Crippen molar-refractivity contribution in [3.8, 4) is 0 Å². The van der Waals surface area contributed by atoms with Crippen LogP contribution in [0.2, 0.25) is 0 Å². The maximum Gasteiger partial charge on any atom is 0.326 e. The summed E-state index contributed by atoms with van der Waals surface area (Å²) in [4.78, 5) is 54.0. The molecule has 0 bridgehead atoms. The quantitative estimate of drug-likeness (QED) is 0.170. The molecule has 1 aromatic carbocycles. The molecule has 1 heterocycles. The fourth-order valence-electron chi connectivity index (χ4n) is 3.92. The molecule has 0 aliphatic rings. The minimum atomic E-state index is -1.37. The van der Waals surface area contributed by atoms with E-state index in [2.05, 4.69) is 20.9 Å². The molecule has 1 aromatic heterocycles. The number of rotatable bonds is 15. The molecular weight excluding hydrogens is 510 g/mol. The van der Waals surface area contributed by atoms with Crippen molar-refractivity contribution in [1.29, 1.82) is 0 Å². The molecule has 2 aromatic rings. The van der Waals surface area contributed by atoms with E-state index in [1.165, 1.54) is 18.7 Å². The number of carbonyl (C=O) groups excluding carboxylic acids is 3. The number of benzene rings is 1. The van der Waals surface area contributed by atoms with Gasteiger partial charge in [0.15, 0.2) is 0 Å². The minimum absolute atomic E-state index is 0.0450. The van der Waals surface area contributed by atoms with Gasteiger partial charge in [0.25, 0.3) is 0 Å². The third kappa shape index (κ3) is 8.47. The van der Waals surface area contributed by atoms with Gasteiger partial charge >= 0.3 is 5.97 Å². The highest BCUT2D eigenvalue weighted by molar-refractivity contribution is 7.98. The van der Waals surface area contributed by atoms with E-state index in [9.17, 15) is 29.4 Å². The lowest BCUT2D eigenvalue weighted by Crippen LogP contribution is -2.60. The monoisotopic (exact) mass is 549 g/mol. The molecule has 210 valence electrons. The zero-order valence-electron chi connectivity index (χ0n) is 22.2. The summed E-state index contributed by atoms with van der Waals surface area (Å²) >= 11 is 1.45. The highest BCUT2D eigenvalue weighted by Crippen LogP contribution is 2.19. The highest BCUT2D eigenvalue weighted by Gasteiger charge is 2.33. The van der Waals surface area contributed by atoms with E-state index >= 15 is 0 Å². The highest BCUT2D eigenvalue weighted by atomic mass is 32.2. The molecule has 12 heteroatoms. The van der Waals surface area contributed by atoms with Crippen LogP contribution in [0.1, 0.15) is 39.2 Å². The van der Waals surface area contributed by atoms with Crippen LogP contribution in [0.4, 0.5) is 0 Å². The van der Waals surface area contributed by atoms with Gasteiger partial charge in [0, 0.05) is 23.5 Å². The Hall–Kier alpha value is -3.09. The normalized spacial score (nSPS) is 16.1. The summed E-state index contributed by atoms with van der Waals surface area (Å²) in [5.74, 6) is -2.89. The van der Waals surface area contributed by atoms with Crippen molar-refractivity contribution in [3.63, 3.8) is 0 Å². The van der Waals surface area contributed by atoms with Gasteiger partial charge in [0.2, 0.25) is 17.7 Å². The summed E-state index contributed by atoms with van der Waals surface area (Å²) in [5.41, 5.74) is 7.55. The number of amides is 3. The number of nitrogens with one attached hydrogen (secondary N) is 4. The number of para-hydroxylation sites is 1. The fraction of sp³-hybridized carbons (Fsp3) is 0.538. The Morgan fingerprint density at radius 3 is 2.29 bits per heavy atom. The fourth-order valence-corrected chi connectivity index (χ4v) is 4.40. The van der Waals surface area contributed by atoms with Gasteiger partial charge in [0.1, 0.15) is 18.1 Å². The van der Waals surface area contributed by atoms with Crippen LogP contribution in [0.25, 0.3) is 10.9 Å². The molecule has 0 aliphatic heterocycles. The van der Waals surface area contributed by atoms with Crippen LogP contribution in [0.15, 0.2) is 30.5 Å². The number of carbonyl (C=O) groups is 4. The topological polar surface area (TPSA) is 187 Å². The number of aromatic nitrogens is 1. The number of fused-ring (bicyclic) bond motifs is 1. The van der Waals surface area contributed by atoms with Gasteiger partial charge in [-0.05, 0) is 42.9 Å². The second-order valence-electron chi connectivity index (χ2n) is 9.44. The molecule has 2 rings (SSSR count). The van der Waals surface area contributed by atoms with E-state index in [4.69, 9.17) is 5.73 Å². The lowest BCUT2D eigenvalue weighted by atomic mass is 9.98. The van der Waals surface area contributed by atoms with Crippen molar-refractivity contribution < 1.29 is 29.4 Å². The largest absolute Gasteiger partial charge is 0.480 e. The van der Waals surface area contributed by atoms with Crippen molar-refractivity contribution in [2.75, 3.05) is 12.0 Å². The molecule has 0 aliphatic carbocycles. The number of nitrogens with two attached hydrogens (primary N) is 1. The average Bonchev–Trinajstić information content (AvgIpc) is 3.30. The number of H-pyrrole nitrogens is 1. The van der Waals surface area contributed by atoms with E-state index < -0.39 is 54.0 Å². The molecule has 38 heavy (non-hydrogen) atoms. The number of hydrogen-bond donors (Lipinski definition) is 7. The van der Waals surface area contributed by atoms with Crippen molar-refractivity contribution in [1.82, 2.24) is 20.9 Å². The molecule has 6 atom stereocenters. The molecule has 0 spiro atoms. The van der Waals surface area contributed by atoms with Gasteiger partial charge in [-0.25, -0.2) is 4.79 Å². The molecule has 0 saturated heterocycles. The first-order valence-corrected chi connectivity index (χ1v) is 14.0. The molecule has 0 radical (unpaired) electrons. The zero-order chi connectivity index (χ0) is 28.4. The number of hydrogen-bond acceptors (Lipinski definition) is 7.